The number of nitrogens with one attached hydrogen (secondary N) is 2. The van der Waals surface area contributed by atoms with Crippen LogP contribution in [-0.4, -0.2) is 44.6 Å². The number of nitrogens with zero attached hydrogens (tertiary/aromatic N) is 3. The van der Waals surface area contributed by atoms with E-state index in [1.165, 1.54) is 5.56 Å². The van der Waals surface area contributed by atoms with Crippen molar-refractivity contribution in [1.29, 1.82) is 0 Å². The largest absolute Gasteiger partial charge is 0.444 e. The Morgan fingerprint density at radius 3 is 2.78 bits per heavy atom. The van der Waals surface area contributed by atoms with Crippen molar-refractivity contribution in [1.82, 2.24) is 19.9 Å². The topological polar surface area (TPSA) is 83.1 Å². The number of benzene rings is 1. The van der Waals surface area contributed by atoms with E-state index >= 15 is 0 Å². The van der Waals surface area contributed by atoms with E-state index in [1.54, 1.807) is 11.1 Å². The van der Waals surface area contributed by atoms with Gasteiger partial charge in [0.2, 0.25) is 0 Å². The van der Waals surface area contributed by atoms with E-state index in [0.717, 1.165) is 46.6 Å². The fraction of sp³-hybridized carbons (Fsp3) is 0.345. The van der Waals surface area contributed by atoms with Gasteiger partial charge in [0.1, 0.15) is 17.1 Å². The summed E-state index contributed by atoms with van der Waals surface area (Å²) in [7, 11) is 0. The Labute approximate surface area is 222 Å². The maximum atomic E-state index is 12.7. The average molecular weight is 518 g/mol. The summed E-state index contributed by atoms with van der Waals surface area (Å²) in [6.45, 7) is 7.65. The second kappa shape index (κ2) is 10.4. The van der Waals surface area contributed by atoms with Crippen LogP contribution in [0.25, 0.3) is 22.3 Å². The quantitative estimate of drug-likeness (QED) is 0.297. The Balaban J connectivity index is 1.40. The minimum absolute atomic E-state index is 0.161. The van der Waals surface area contributed by atoms with Crippen molar-refractivity contribution in [2.45, 2.75) is 51.7 Å². The molecule has 1 fully saturated rings. The van der Waals surface area contributed by atoms with Gasteiger partial charge in [-0.2, -0.15) is 0 Å². The fourth-order valence-corrected chi connectivity index (χ4v) is 4.98. The lowest BCUT2D eigenvalue weighted by Gasteiger charge is -2.33. The van der Waals surface area contributed by atoms with Gasteiger partial charge >= 0.3 is 6.09 Å². The van der Waals surface area contributed by atoms with Crippen molar-refractivity contribution in [2.24, 2.45) is 0 Å². The second-order valence-electron chi connectivity index (χ2n) is 10.5. The molecule has 1 aliphatic rings. The third-order valence-corrected chi connectivity index (χ3v) is 6.75. The number of hydrogen-bond acceptors (Lipinski definition) is 5. The molecule has 0 spiro atoms. The standard InChI is InChI=1S/C29H32ClN5O2/c1-29(2,3)37-28(36)35-14-8-11-20(18-35)24-15-21-26(22(30)17-32-27(21)34-24)23-12-7-13-25(33-23)31-16-19-9-5-4-6-10-19/h4-7,9-10,12-13,15,17,20H,8,11,14,16,18H2,1-3H3,(H,31,33)(H,32,34). The van der Waals surface area contributed by atoms with Gasteiger partial charge in [0.15, 0.2) is 0 Å². The van der Waals surface area contributed by atoms with Crippen molar-refractivity contribution in [3.63, 3.8) is 0 Å². The molecule has 0 saturated carbocycles. The van der Waals surface area contributed by atoms with Crippen LogP contribution in [0, 0.1) is 0 Å². The maximum Gasteiger partial charge on any atom is 0.410 e. The Morgan fingerprint density at radius 2 is 2.00 bits per heavy atom. The van der Waals surface area contributed by atoms with E-state index in [9.17, 15) is 4.79 Å². The highest BCUT2D eigenvalue weighted by molar-refractivity contribution is 6.34. The number of pyridine rings is 2. The number of hydrogen-bond donors (Lipinski definition) is 2. The van der Waals surface area contributed by atoms with E-state index in [4.69, 9.17) is 21.3 Å². The van der Waals surface area contributed by atoms with Crippen LogP contribution < -0.4 is 5.32 Å². The lowest BCUT2D eigenvalue weighted by molar-refractivity contribution is 0.0197. The van der Waals surface area contributed by atoms with Crippen LogP contribution in [0.15, 0.2) is 60.8 Å². The Hall–Kier alpha value is -3.58. The molecule has 5 rings (SSSR count). The van der Waals surface area contributed by atoms with Gasteiger partial charge in [0.25, 0.3) is 0 Å². The summed E-state index contributed by atoms with van der Waals surface area (Å²) in [5, 5.41) is 4.87. The van der Waals surface area contributed by atoms with Gasteiger partial charge in [-0.05, 0) is 57.4 Å². The summed E-state index contributed by atoms with van der Waals surface area (Å²) in [5.41, 5.74) is 4.09. The third kappa shape index (κ3) is 5.88. The summed E-state index contributed by atoms with van der Waals surface area (Å²) in [6, 6.07) is 18.2. The summed E-state index contributed by atoms with van der Waals surface area (Å²) in [5.74, 6) is 0.937. The van der Waals surface area contributed by atoms with E-state index in [-0.39, 0.29) is 12.0 Å². The number of amides is 1. The molecule has 1 amide bonds. The predicted molar refractivity (Wildman–Crippen MR) is 148 cm³/mol. The van der Waals surface area contributed by atoms with Gasteiger partial charge in [-0.1, -0.05) is 48.0 Å². The van der Waals surface area contributed by atoms with Crippen molar-refractivity contribution < 1.29 is 9.53 Å². The fourth-order valence-electron chi connectivity index (χ4n) is 4.74. The van der Waals surface area contributed by atoms with Gasteiger partial charge in [0, 0.05) is 48.4 Å². The Kier molecular flexibility index (Phi) is 7.07. The number of aromatic amines is 1. The first-order chi connectivity index (χ1) is 17.8. The third-order valence-electron chi connectivity index (χ3n) is 6.47. The second-order valence-corrected chi connectivity index (χ2v) is 10.9. The van der Waals surface area contributed by atoms with Gasteiger partial charge in [0.05, 0.1) is 10.7 Å². The van der Waals surface area contributed by atoms with Gasteiger partial charge in [-0.15, -0.1) is 0 Å². The molecule has 1 atom stereocenters. The molecule has 4 aromatic rings. The summed E-state index contributed by atoms with van der Waals surface area (Å²) in [4.78, 5) is 27.4. The highest BCUT2D eigenvalue weighted by atomic mass is 35.5. The summed E-state index contributed by atoms with van der Waals surface area (Å²) in [6.07, 6.45) is 3.29. The highest BCUT2D eigenvalue weighted by Crippen LogP contribution is 2.37. The van der Waals surface area contributed by atoms with Crippen molar-refractivity contribution >= 4 is 34.5 Å². The molecule has 37 heavy (non-hydrogen) atoms. The van der Waals surface area contributed by atoms with Crippen LogP contribution in [0.5, 0.6) is 0 Å². The number of halogens is 1. The first-order valence-electron chi connectivity index (χ1n) is 12.7. The van der Waals surface area contributed by atoms with Crippen LogP contribution in [0.1, 0.15) is 50.8 Å². The van der Waals surface area contributed by atoms with Crippen LogP contribution in [0.2, 0.25) is 5.02 Å². The molecular weight excluding hydrogens is 486 g/mol. The lowest BCUT2D eigenvalue weighted by Crippen LogP contribution is -2.42. The molecule has 0 bridgehead atoms. The molecule has 192 valence electrons. The molecule has 4 heterocycles. The predicted octanol–water partition coefficient (Wildman–Crippen LogP) is 7.00. The van der Waals surface area contributed by atoms with E-state index in [0.29, 0.717) is 24.7 Å². The molecule has 1 aliphatic heterocycles. The zero-order valence-electron chi connectivity index (χ0n) is 21.4. The number of H-pyrrole nitrogens is 1. The highest BCUT2D eigenvalue weighted by Gasteiger charge is 2.29. The SMILES string of the molecule is CC(C)(C)OC(=O)N1CCCC(c2cc3c(-c4cccc(NCc5ccccc5)n4)c(Cl)cnc3[nH]2)C1. The maximum absolute atomic E-state index is 12.7. The zero-order valence-corrected chi connectivity index (χ0v) is 22.2. The number of carbonyl (C=O) groups is 1. The number of ether oxygens (including phenoxy) is 1. The molecule has 8 heteroatoms. The van der Waals surface area contributed by atoms with Crippen LogP contribution in [0.3, 0.4) is 0 Å². The summed E-state index contributed by atoms with van der Waals surface area (Å²) < 4.78 is 5.61. The van der Waals surface area contributed by atoms with E-state index in [1.807, 2.05) is 57.2 Å². The molecule has 3 aromatic heterocycles. The normalized spacial score (nSPS) is 16.1. The summed E-state index contributed by atoms with van der Waals surface area (Å²) >= 11 is 6.68. The molecule has 0 aliphatic carbocycles. The van der Waals surface area contributed by atoms with E-state index < -0.39 is 5.60 Å². The number of aromatic nitrogens is 3. The number of carbonyl (C=O) groups excluding carboxylic acids is 1. The van der Waals surface area contributed by atoms with Gasteiger partial charge < -0.3 is 19.9 Å². The van der Waals surface area contributed by atoms with E-state index in [2.05, 4.69) is 33.5 Å². The number of likely N-dealkylation sites (tertiary alicyclic amines) is 1. The lowest BCUT2D eigenvalue weighted by atomic mass is 9.94. The molecule has 2 N–H and O–H groups in total. The van der Waals surface area contributed by atoms with Crippen molar-refractivity contribution in [3.05, 3.63) is 77.1 Å². The molecular formula is C29H32ClN5O2. The molecule has 7 nitrogen and oxygen atoms in total. The molecule has 1 saturated heterocycles. The van der Waals surface area contributed by atoms with Gasteiger partial charge in [-0.3, -0.25) is 0 Å². The minimum Gasteiger partial charge on any atom is -0.444 e. The number of fused-ring (bicyclic) bond motifs is 1. The average Bonchev–Trinajstić information content (AvgIpc) is 3.32. The Morgan fingerprint density at radius 1 is 1.19 bits per heavy atom. The molecule has 1 unspecified atom stereocenters. The minimum atomic E-state index is -0.516. The van der Waals surface area contributed by atoms with Crippen molar-refractivity contribution in [3.8, 4) is 11.3 Å². The van der Waals surface area contributed by atoms with Gasteiger partial charge in [-0.25, -0.2) is 14.8 Å². The Bertz CT molecular complexity index is 1400. The smallest absolute Gasteiger partial charge is 0.410 e. The van der Waals surface area contributed by atoms with Crippen LogP contribution in [-0.2, 0) is 11.3 Å². The van der Waals surface area contributed by atoms with Crippen LogP contribution in [0.4, 0.5) is 10.6 Å². The number of rotatable bonds is 5. The molecule has 1 aromatic carbocycles. The number of anilines is 1. The zero-order chi connectivity index (χ0) is 26.0. The first kappa shape index (κ1) is 25.1. The monoisotopic (exact) mass is 517 g/mol. The number of piperidine rings is 1. The van der Waals surface area contributed by atoms with Crippen LogP contribution >= 0.6 is 11.6 Å². The molecule has 0 radical (unpaired) electrons. The first-order valence-corrected chi connectivity index (χ1v) is 13.0. The van der Waals surface area contributed by atoms with Crippen molar-refractivity contribution in [2.75, 3.05) is 18.4 Å².